The molecular formula is C18H19N3O4S. The molecule has 1 aromatic heterocycles. The number of carbonyl (C=O) groups is 2. The minimum atomic E-state index is -0.923. The van der Waals surface area contributed by atoms with E-state index in [2.05, 4.69) is 10.3 Å². The lowest BCUT2D eigenvalue weighted by atomic mass is 10.0. The van der Waals surface area contributed by atoms with E-state index in [0.29, 0.717) is 18.1 Å². The van der Waals surface area contributed by atoms with Gasteiger partial charge in [0.05, 0.1) is 0 Å². The minimum Gasteiger partial charge on any atom is -0.481 e. The molecule has 1 amide bonds. The average molecular weight is 373 g/mol. The second-order valence-corrected chi connectivity index (χ2v) is 7.11. The molecule has 1 atom stereocenters. The van der Waals surface area contributed by atoms with Crippen molar-refractivity contribution in [3.8, 4) is 0 Å². The second-order valence-electron chi connectivity index (χ2n) is 6.05. The molecule has 1 aromatic carbocycles. The molecule has 0 spiro atoms. The molecule has 0 fully saturated rings. The molecule has 1 aliphatic rings. The lowest BCUT2D eigenvalue weighted by Crippen LogP contribution is -2.40. The number of carboxylic acids is 1. The molecule has 7 nitrogen and oxygen atoms in total. The molecule has 0 radical (unpaired) electrons. The number of rotatable bonds is 7. The molecule has 2 heterocycles. The Hall–Kier alpha value is -2.61. The number of hydrogen-bond acceptors (Lipinski definition) is 5. The fraction of sp³-hybridized carbons (Fsp3) is 0.333. The number of amides is 1. The van der Waals surface area contributed by atoms with Crippen molar-refractivity contribution < 1.29 is 14.7 Å². The van der Waals surface area contributed by atoms with E-state index in [-0.39, 0.29) is 30.0 Å². The molecule has 26 heavy (non-hydrogen) atoms. The third kappa shape index (κ3) is 4.32. The third-order valence-corrected chi connectivity index (χ3v) is 5.14. The zero-order valence-electron chi connectivity index (χ0n) is 14.1. The van der Waals surface area contributed by atoms with Crippen LogP contribution >= 0.6 is 11.8 Å². The van der Waals surface area contributed by atoms with Crippen LogP contribution in [0.15, 0.2) is 46.5 Å². The topological polar surface area (TPSA) is 101 Å². The van der Waals surface area contributed by atoms with Crippen LogP contribution in [0.5, 0.6) is 0 Å². The van der Waals surface area contributed by atoms with E-state index in [0.717, 1.165) is 11.3 Å². The summed E-state index contributed by atoms with van der Waals surface area (Å²) >= 11 is 1.48. The number of hydrogen-bond donors (Lipinski definition) is 2. The maximum absolute atomic E-state index is 12.6. The zero-order chi connectivity index (χ0) is 18.5. The van der Waals surface area contributed by atoms with Crippen LogP contribution in [0.25, 0.3) is 0 Å². The molecular weight excluding hydrogens is 354 g/mol. The monoisotopic (exact) mass is 373 g/mol. The van der Waals surface area contributed by atoms with Gasteiger partial charge >= 0.3 is 5.97 Å². The summed E-state index contributed by atoms with van der Waals surface area (Å²) in [4.78, 5) is 40.1. The van der Waals surface area contributed by atoms with Gasteiger partial charge in [0.2, 0.25) is 0 Å². The average Bonchev–Trinajstić information content (AvgIpc) is 3.10. The van der Waals surface area contributed by atoms with Crippen molar-refractivity contribution in [1.82, 2.24) is 14.9 Å². The van der Waals surface area contributed by atoms with Crippen molar-refractivity contribution in [1.29, 1.82) is 0 Å². The SMILES string of the molecule is O=C(O)CCC(Cc1ccccc1)NC(=O)c1cnc2n(c1=O)CCS2. The van der Waals surface area contributed by atoms with Gasteiger partial charge in [-0.1, -0.05) is 42.1 Å². The number of carboxylic acid groups (broad SMARTS) is 1. The summed E-state index contributed by atoms with van der Waals surface area (Å²) in [7, 11) is 0. The fourth-order valence-electron chi connectivity index (χ4n) is 2.86. The van der Waals surface area contributed by atoms with E-state index in [1.54, 1.807) is 0 Å². The summed E-state index contributed by atoms with van der Waals surface area (Å²) < 4.78 is 1.50. The highest BCUT2D eigenvalue weighted by Crippen LogP contribution is 2.20. The van der Waals surface area contributed by atoms with Crippen molar-refractivity contribution in [3.63, 3.8) is 0 Å². The number of carbonyl (C=O) groups excluding carboxylic acids is 1. The Bertz CT molecular complexity index is 866. The van der Waals surface area contributed by atoms with Gasteiger partial charge in [0.25, 0.3) is 11.5 Å². The Morgan fingerprint density at radius 1 is 1.31 bits per heavy atom. The number of nitrogens with zero attached hydrogens (tertiary/aromatic N) is 2. The van der Waals surface area contributed by atoms with E-state index < -0.39 is 11.9 Å². The van der Waals surface area contributed by atoms with Gasteiger partial charge in [0, 0.05) is 31.0 Å². The summed E-state index contributed by atoms with van der Waals surface area (Å²) in [6.45, 7) is 0.541. The molecule has 0 saturated heterocycles. The van der Waals surface area contributed by atoms with Gasteiger partial charge in [-0.2, -0.15) is 0 Å². The smallest absolute Gasteiger partial charge is 0.303 e. The molecule has 1 aliphatic heterocycles. The Kier molecular flexibility index (Phi) is 5.72. The van der Waals surface area contributed by atoms with Crippen LogP contribution in [0.1, 0.15) is 28.8 Å². The summed E-state index contributed by atoms with van der Waals surface area (Å²) in [5.74, 6) is -0.669. The summed E-state index contributed by atoms with van der Waals surface area (Å²) in [5, 5.41) is 12.4. The number of benzene rings is 1. The van der Waals surface area contributed by atoms with Crippen molar-refractivity contribution in [2.45, 2.75) is 37.0 Å². The van der Waals surface area contributed by atoms with Crippen LogP contribution in [-0.4, -0.2) is 38.3 Å². The van der Waals surface area contributed by atoms with Gasteiger partial charge in [-0.3, -0.25) is 19.0 Å². The minimum absolute atomic E-state index is 0.00960. The predicted molar refractivity (Wildman–Crippen MR) is 97.5 cm³/mol. The van der Waals surface area contributed by atoms with Gasteiger partial charge in [0.1, 0.15) is 5.56 Å². The quantitative estimate of drug-likeness (QED) is 0.714. The zero-order valence-corrected chi connectivity index (χ0v) is 14.9. The van der Waals surface area contributed by atoms with Crippen molar-refractivity contribution in [2.75, 3.05) is 5.75 Å². The first-order valence-electron chi connectivity index (χ1n) is 8.34. The first kappa shape index (κ1) is 18.2. The maximum atomic E-state index is 12.6. The Morgan fingerprint density at radius 3 is 2.81 bits per heavy atom. The normalized spacial score (nSPS) is 13.8. The number of thioether (sulfide) groups is 1. The first-order valence-corrected chi connectivity index (χ1v) is 9.32. The van der Waals surface area contributed by atoms with Gasteiger partial charge < -0.3 is 10.4 Å². The molecule has 1 unspecified atom stereocenters. The molecule has 3 rings (SSSR count). The van der Waals surface area contributed by atoms with E-state index in [9.17, 15) is 14.4 Å². The van der Waals surface area contributed by atoms with E-state index in [4.69, 9.17) is 5.11 Å². The maximum Gasteiger partial charge on any atom is 0.303 e. The summed E-state index contributed by atoms with van der Waals surface area (Å²) in [6, 6.07) is 9.13. The summed E-state index contributed by atoms with van der Waals surface area (Å²) in [6.07, 6.45) is 2.02. The van der Waals surface area contributed by atoms with E-state index in [1.807, 2.05) is 30.3 Å². The number of fused-ring (bicyclic) bond motifs is 1. The molecule has 0 bridgehead atoms. The van der Waals surface area contributed by atoms with Crippen LogP contribution in [0, 0.1) is 0 Å². The largest absolute Gasteiger partial charge is 0.481 e. The van der Waals surface area contributed by atoms with Gasteiger partial charge in [-0.05, 0) is 18.4 Å². The Labute approximate surface area is 154 Å². The Morgan fingerprint density at radius 2 is 2.08 bits per heavy atom. The molecule has 0 aliphatic carbocycles. The highest BCUT2D eigenvalue weighted by Gasteiger charge is 2.22. The molecule has 0 saturated carbocycles. The predicted octanol–water partition coefficient (Wildman–Crippen LogP) is 1.55. The molecule has 8 heteroatoms. The van der Waals surface area contributed by atoms with Crippen LogP contribution in [0.3, 0.4) is 0 Å². The molecule has 2 aromatic rings. The first-order chi connectivity index (χ1) is 12.5. The fourth-order valence-corrected chi connectivity index (χ4v) is 3.77. The van der Waals surface area contributed by atoms with Crippen molar-refractivity contribution >= 4 is 23.6 Å². The van der Waals surface area contributed by atoms with E-state index in [1.165, 1.54) is 22.5 Å². The summed E-state index contributed by atoms with van der Waals surface area (Å²) in [5.41, 5.74) is 0.627. The van der Waals surface area contributed by atoms with E-state index >= 15 is 0 Å². The lowest BCUT2D eigenvalue weighted by Gasteiger charge is -2.18. The van der Waals surface area contributed by atoms with Crippen LogP contribution < -0.4 is 10.9 Å². The van der Waals surface area contributed by atoms with Crippen molar-refractivity contribution in [3.05, 3.63) is 58.0 Å². The number of aromatic nitrogens is 2. The van der Waals surface area contributed by atoms with Crippen LogP contribution in [0.4, 0.5) is 0 Å². The standard InChI is InChI=1S/C18H19N3O4S/c22-15(23)7-6-13(10-12-4-2-1-3-5-12)20-16(24)14-11-19-18-21(17(14)25)8-9-26-18/h1-5,11,13H,6-10H2,(H,20,24)(H,22,23). The lowest BCUT2D eigenvalue weighted by molar-refractivity contribution is -0.137. The molecule has 2 N–H and O–H groups in total. The van der Waals surface area contributed by atoms with Gasteiger partial charge in [-0.25, -0.2) is 4.98 Å². The van der Waals surface area contributed by atoms with Gasteiger partial charge in [-0.15, -0.1) is 0 Å². The number of aliphatic carboxylic acids is 1. The number of nitrogens with one attached hydrogen (secondary N) is 1. The highest BCUT2D eigenvalue weighted by atomic mass is 32.2. The molecule has 136 valence electrons. The van der Waals surface area contributed by atoms with Gasteiger partial charge in [0.15, 0.2) is 5.16 Å². The Balaban J connectivity index is 1.76. The van der Waals surface area contributed by atoms with Crippen LogP contribution in [-0.2, 0) is 17.8 Å². The van der Waals surface area contributed by atoms with Crippen LogP contribution in [0.2, 0.25) is 0 Å². The third-order valence-electron chi connectivity index (χ3n) is 4.17. The van der Waals surface area contributed by atoms with Crippen molar-refractivity contribution in [2.24, 2.45) is 0 Å². The highest BCUT2D eigenvalue weighted by molar-refractivity contribution is 7.99. The second kappa shape index (κ2) is 8.18.